The molecule has 8 N–H and O–H groups in total. The summed E-state index contributed by atoms with van der Waals surface area (Å²) in [7, 11) is 1.59. The number of carbonyl (C=O) groups is 2. The average molecular weight is 781 g/mol. The number of amides is 2. The van der Waals surface area contributed by atoms with Gasteiger partial charge in [-0.15, -0.1) is 0 Å². The Bertz CT molecular complexity index is 2680. The number of phenolic OH excluding ortho intramolecular Hbond substituents is 1. The van der Waals surface area contributed by atoms with Gasteiger partial charge >= 0.3 is 0 Å². The first-order valence-corrected chi connectivity index (χ1v) is 18.9. The van der Waals surface area contributed by atoms with Crippen LogP contribution in [0.4, 0.5) is 17.1 Å². The van der Waals surface area contributed by atoms with Gasteiger partial charge in [-0.3, -0.25) is 19.4 Å². The van der Waals surface area contributed by atoms with Gasteiger partial charge in [0.25, 0.3) is 11.8 Å². The van der Waals surface area contributed by atoms with Gasteiger partial charge in [0.05, 0.1) is 35.5 Å². The van der Waals surface area contributed by atoms with E-state index in [-0.39, 0.29) is 29.3 Å². The zero-order chi connectivity index (χ0) is 40.1. The molecule has 0 spiro atoms. The number of aromatic amines is 1. The maximum Gasteiger partial charge on any atom is 0.255 e. The van der Waals surface area contributed by atoms with Gasteiger partial charge in [-0.05, 0) is 103 Å². The zero-order valence-corrected chi connectivity index (χ0v) is 31.9. The number of rotatable bonds is 14. The Morgan fingerprint density at radius 3 is 2.51 bits per heavy atom. The number of pyridine rings is 2. The van der Waals surface area contributed by atoms with Gasteiger partial charge < -0.3 is 41.6 Å². The molecule has 0 saturated carbocycles. The van der Waals surface area contributed by atoms with E-state index >= 15 is 0 Å². The van der Waals surface area contributed by atoms with E-state index in [1.165, 1.54) is 30.1 Å². The van der Waals surface area contributed by atoms with Gasteiger partial charge in [-0.2, -0.15) is 0 Å². The van der Waals surface area contributed by atoms with Crippen LogP contribution in [0.2, 0.25) is 0 Å². The number of nitrogens with two attached hydrogens (primary N) is 1. The van der Waals surface area contributed by atoms with E-state index in [4.69, 9.17) is 10.5 Å². The highest BCUT2D eigenvalue weighted by atomic mass is 32.2. The summed E-state index contributed by atoms with van der Waals surface area (Å²) in [6, 6.07) is 32.4. The van der Waals surface area contributed by atoms with Gasteiger partial charge in [0.1, 0.15) is 11.5 Å². The van der Waals surface area contributed by atoms with E-state index in [0.29, 0.717) is 52.1 Å². The number of anilines is 3. The number of hydrogen-bond acceptors (Lipinski definition) is 10. The number of hydrogen-bond donors (Lipinski definition) is 7. The Morgan fingerprint density at radius 1 is 0.912 bits per heavy atom. The van der Waals surface area contributed by atoms with Crippen LogP contribution in [-0.2, 0) is 6.42 Å². The highest BCUT2D eigenvalue weighted by molar-refractivity contribution is 7.99. The van der Waals surface area contributed by atoms with Crippen LogP contribution in [0.15, 0.2) is 130 Å². The SMILES string of the molecule is COc1cccc(Nc2c(C(N)=O)cnc3c(C)cc(Sc4cccc(C(=O)Nc5ccc(CCNCC(O)c6ccc(O)c7[nH]c(=O)ccc67)cc5)c4)cc23)c1. The van der Waals surface area contributed by atoms with E-state index < -0.39 is 12.0 Å². The number of nitrogens with one attached hydrogen (secondary N) is 4. The van der Waals surface area contributed by atoms with E-state index in [1.54, 1.807) is 25.3 Å². The van der Waals surface area contributed by atoms with E-state index in [0.717, 1.165) is 37.5 Å². The Hall–Kier alpha value is -6.67. The molecule has 5 aromatic carbocycles. The van der Waals surface area contributed by atoms with Crippen molar-refractivity contribution in [3.8, 4) is 11.5 Å². The Balaban J connectivity index is 0.982. The van der Waals surface area contributed by atoms with Gasteiger partial charge in [0, 0.05) is 62.4 Å². The van der Waals surface area contributed by atoms with Crippen molar-refractivity contribution in [2.45, 2.75) is 29.2 Å². The first-order valence-electron chi connectivity index (χ1n) is 18.1. The van der Waals surface area contributed by atoms with E-state index in [2.05, 4.69) is 25.9 Å². The van der Waals surface area contributed by atoms with Crippen molar-refractivity contribution in [2.75, 3.05) is 30.8 Å². The summed E-state index contributed by atoms with van der Waals surface area (Å²) in [5.41, 5.74) is 11.7. The number of ether oxygens (including phenoxy) is 1. The lowest BCUT2D eigenvalue weighted by Gasteiger charge is -2.16. The summed E-state index contributed by atoms with van der Waals surface area (Å²) in [5, 5.41) is 31.9. The molecule has 0 bridgehead atoms. The number of aryl methyl sites for hydroxylation is 1. The third-order valence-corrected chi connectivity index (χ3v) is 10.4. The maximum absolute atomic E-state index is 13.4. The fourth-order valence-electron chi connectivity index (χ4n) is 6.60. The lowest BCUT2D eigenvalue weighted by molar-refractivity contribution is 0.0998. The Kier molecular flexibility index (Phi) is 11.5. The number of primary amides is 1. The number of nitrogens with zero attached hydrogens (tertiary/aromatic N) is 1. The molecule has 288 valence electrons. The molecule has 2 aromatic heterocycles. The molecule has 0 aliphatic carbocycles. The zero-order valence-electron chi connectivity index (χ0n) is 31.1. The molecule has 1 unspecified atom stereocenters. The smallest absolute Gasteiger partial charge is 0.255 e. The van der Waals surface area contributed by atoms with Gasteiger partial charge in [-0.25, -0.2) is 0 Å². The number of aliphatic hydroxyl groups is 1. The quantitative estimate of drug-likeness (QED) is 0.0555. The molecule has 0 aliphatic rings. The molecular formula is C44H40N6O6S. The van der Waals surface area contributed by atoms with Gasteiger partial charge in [0.15, 0.2) is 0 Å². The first kappa shape index (κ1) is 38.6. The molecule has 1 atom stereocenters. The normalized spacial score (nSPS) is 11.7. The fraction of sp³-hybridized carbons (Fsp3) is 0.136. The average Bonchev–Trinajstić information content (AvgIpc) is 3.20. The molecule has 2 amide bonds. The minimum atomic E-state index is -0.848. The van der Waals surface area contributed by atoms with Crippen molar-refractivity contribution >= 4 is 62.4 Å². The summed E-state index contributed by atoms with van der Waals surface area (Å²) >= 11 is 1.49. The second-order valence-electron chi connectivity index (χ2n) is 13.4. The molecule has 0 fully saturated rings. The van der Waals surface area contributed by atoms with Crippen LogP contribution in [0.25, 0.3) is 21.8 Å². The van der Waals surface area contributed by atoms with Crippen molar-refractivity contribution in [3.63, 3.8) is 0 Å². The van der Waals surface area contributed by atoms with Crippen molar-refractivity contribution in [2.24, 2.45) is 5.73 Å². The topological polar surface area (TPSA) is 192 Å². The number of benzene rings is 5. The number of aromatic nitrogens is 2. The monoisotopic (exact) mass is 780 g/mol. The predicted octanol–water partition coefficient (Wildman–Crippen LogP) is 7.21. The summed E-state index contributed by atoms with van der Waals surface area (Å²) in [4.78, 5) is 46.5. The molecule has 13 heteroatoms. The van der Waals surface area contributed by atoms with Crippen LogP contribution in [0, 0.1) is 6.92 Å². The second-order valence-corrected chi connectivity index (χ2v) is 14.6. The predicted molar refractivity (Wildman–Crippen MR) is 224 cm³/mol. The lowest BCUT2D eigenvalue weighted by atomic mass is 10.0. The summed E-state index contributed by atoms with van der Waals surface area (Å²) < 4.78 is 5.38. The number of H-pyrrole nitrogens is 1. The summed E-state index contributed by atoms with van der Waals surface area (Å²) in [6.07, 6.45) is 1.33. The van der Waals surface area contributed by atoms with Gasteiger partial charge in [-0.1, -0.05) is 42.1 Å². The van der Waals surface area contributed by atoms with Crippen LogP contribution in [-0.4, -0.2) is 52.2 Å². The molecule has 0 saturated heterocycles. The molecule has 0 radical (unpaired) electrons. The second kappa shape index (κ2) is 17.0. The van der Waals surface area contributed by atoms with Gasteiger partial charge in [0.2, 0.25) is 5.56 Å². The highest BCUT2D eigenvalue weighted by Gasteiger charge is 2.18. The standard InChI is InChI=1S/C44H40N6O6S/c1-25-19-32(22-35-40(25)47-23-36(43(45)54)41(35)48-29-6-4-7-30(21-29)56-2)57-31-8-3-5-27(20-31)44(55)49-28-11-9-26(10-12-28)17-18-46-24-38(52)33-13-15-37(51)42-34(33)14-16-39(53)50-42/h3-16,19-23,38,46,51-52H,17-18,24H2,1-2H3,(H2,45,54)(H,47,48)(H,49,55)(H,50,53). The molecule has 2 heterocycles. The van der Waals surface area contributed by atoms with E-state index in [1.807, 2.05) is 85.8 Å². The number of aromatic hydroxyl groups is 1. The Morgan fingerprint density at radius 2 is 1.72 bits per heavy atom. The molecular weight excluding hydrogens is 741 g/mol. The van der Waals surface area contributed by atoms with Crippen molar-refractivity contribution in [1.29, 1.82) is 0 Å². The largest absolute Gasteiger partial charge is 0.506 e. The van der Waals surface area contributed by atoms with Crippen LogP contribution in [0.3, 0.4) is 0 Å². The Labute approximate surface area is 332 Å². The highest BCUT2D eigenvalue weighted by Crippen LogP contribution is 2.37. The molecule has 0 aliphatic heterocycles. The minimum Gasteiger partial charge on any atom is -0.506 e. The van der Waals surface area contributed by atoms with Crippen LogP contribution >= 0.6 is 11.8 Å². The van der Waals surface area contributed by atoms with Crippen LogP contribution in [0.1, 0.15) is 43.5 Å². The lowest BCUT2D eigenvalue weighted by Crippen LogP contribution is -2.24. The van der Waals surface area contributed by atoms with Crippen LogP contribution in [0.5, 0.6) is 11.5 Å². The number of fused-ring (bicyclic) bond motifs is 2. The number of aliphatic hydroxyl groups excluding tert-OH is 1. The van der Waals surface area contributed by atoms with Crippen LogP contribution < -0.4 is 32.0 Å². The summed E-state index contributed by atoms with van der Waals surface area (Å²) in [5.74, 6) is -0.247. The first-order chi connectivity index (χ1) is 27.6. The molecule has 12 nitrogen and oxygen atoms in total. The summed E-state index contributed by atoms with van der Waals surface area (Å²) in [6.45, 7) is 2.84. The number of phenols is 1. The molecule has 7 rings (SSSR count). The molecule has 57 heavy (non-hydrogen) atoms. The fourth-order valence-corrected chi connectivity index (χ4v) is 7.62. The van der Waals surface area contributed by atoms with Crippen molar-refractivity contribution < 1.29 is 24.5 Å². The molecule has 7 aromatic rings. The van der Waals surface area contributed by atoms with Crippen molar-refractivity contribution in [3.05, 3.63) is 154 Å². The van der Waals surface area contributed by atoms with Crippen molar-refractivity contribution in [1.82, 2.24) is 15.3 Å². The number of carbonyl (C=O) groups excluding carboxylic acids is 2. The maximum atomic E-state index is 13.4. The van der Waals surface area contributed by atoms with E-state index in [9.17, 15) is 24.6 Å². The third kappa shape index (κ3) is 8.92. The third-order valence-electron chi connectivity index (χ3n) is 9.48. The minimum absolute atomic E-state index is 0.0542. The number of methoxy groups -OCH3 is 1.